The Morgan fingerprint density at radius 3 is 2.00 bits per heavy atom. The maximum Gasteiger partial charge on any atom is 0.285 e. The van der Waals surface area contributed by atoms with E-state index in [-0.39, 0.29) is 17.7 Å². The summed E-state index contributed by atoms with van der Waals surface area (Å²) in [5, 5.41) is 0.957. The van der Waals surface area contributed by atoms with E-state index in [4.69, 9.17) is 9.26 Å². The molecule has 0 radical (unpaired) electrons. The van der Waals surface area contributed by atoms with Gasteiger partial charge in [-0.1, -0.05) is 39.8 Å². The van der Waals surface area contributed by atoms with Crippen molar-refractivity contribution in [3.05, 3.63) is 35.4 Å². The average molecular weight is 350 g/mol. The fourth-order valence-corrected chi connectivity index (χ4v) is 3.69. The first-order valence-corrected chi connectivity index (χ1v) is 11.3. The van der Waals surface area contributed by atoms with E-state index in [0.29, 0.717) is 11.1 Å². The molecule has 0 fully saturated rings. The molecular formula is C18H27NO4Si. The standard InChI is InChI=1S/C18H27NO4Si/c1-7-13(23-24(5,6)18(2,3)4)12-22-19-16(20)14-10-8-9-11-15(14)17(19)21/h8-11,13H,7,12H2,1-6H3/t13-/m0/s1. The van der Waals surface area contributed by atoms with Gasteiger partial charge in [-0.3, -0.25) is 14.4 Å². The Kier molecular flexibility index (Phi) is 5.32. The number of hydroxylamine groups is 2. The van der Waals surface area contributed by atoms with E-state index in [1.54, 1.807) is 24.3 Å². The van der Waals surface area contributed by atoms with Crippen LogP contribution in [-0.4, -0.2) is 37.9 Å². The minimum Gasteiger partial charge on any atom is -0.412 e. The molecule has 0 spiro atoms. The highest BCUT2D eigenvalue weighted by molar-refractivity contribution is 6.74. The molecule has 1 aromatic rings. The molecule has 2 amide bonds. The molecule has 1 heterocycles. The van der Waals surface area contributed by atoms with Gasteiger partial charge < -0.3 is 4.43 Å². The predicted octanol–water partition coefficient (Wildman–Crippen LogP) is 4.01. The molecule has 0 aromatic heterocycles. The summed E-state index contributed by atoms with van der Waals surface area (Å²) in [6.45, 7) is 13.1. The van der Waals surface area contributed by atoms with Crippen LogP contribution in [0.1, 0.15) is 54.8 Å². The number of fused-ring (bicyclic) bond motifs is 1. The molecule has 0 aliphatic carbocycles. The Labute approximate surface area is 145 Å². The molecule has 0 unspecified atom stereocenters. The first kappa shape index (κ1) is 18.8. The van der Waals surface area contributed by atoms with Crippen LogP contribution in [-0.2, 0) is 9.26 Å². The van der Waals surface area contributed by atoms with Crippen molar-refractivity contribution < 1.29 is 18.9 Å². The van der Waals surface area contributed by atoms with Crippen LogP contribution >= 0.6 is 0 Å². The fraction of sp³-hybridized carbons (Fsp3) is 0.556. The van der Waals surface area contributed by atoms with Crippen LogP contribution in [0.4, 0.5) is 0 Å². The van der Waals surface area contributed by atoms with E-state index in [0.717, 1.165) is 11.5 Å². The van der Waals surface area contributed by atoms with Crippen molar-refractivity contribution in [1.82, 2.24) is 5.06 Å². The van der Waals surface area contributed by atoms with E-state index in [2.05, 4.69) is 33.9 Å². The second-order valence-corrected chi connectivity index (χ2v) is 12.4. The summed E-state index contributed by atoms with van der Waals surface area (Å²) < 4.78 is 6.32. The summed E-state index contributed by atoms with van der Waals surface area (Å²) >= 11 is 0. The quantitative estimate of drug-likeness (QED) is 0.575. The molecular weight excluding hydrogens is 322 g/mol. The van der Waals surface area contributed by atoms with Crippen molar-refractivity contribution in [1.29, 1.82) is 0 Å². The monoisotopic (exact) mass is 349 g/mol. The Morgan fingerprint density at radius 2 is 1.58 bits per heavy atom. The van der Waals surface area contributed by atoms with Gasteiger partial charge in [-0.2, -0.15) is 0 Å². The number of carbonyl (C=O) groups is 2. The van der Waals surface area contributed by atoms with Crippen LogP contribution in [0.5, 0.6) is 0 Å². The highest BCUT2D eigenvalue weighted by atomic mass is 28.4. The number of benzene rings is 1. The number of amides is 2. The third-order valence-electron chi connectivity index (χ3n) is 4.87. The van der Waals surface area contributed by atoms with Gasteiger partial charge in [-0.05, 0) is 36.7 Å². The van der Waals surface area contributed by atoms with Gasteiger partial charge in [0.2, 0.25) is 0 Å². The second kappa shape index (κ2) is 6.78. The van der Waals surface area contributed by atoms with Crippen molar-refractivity contribution in [3.63, 3.8) is 0 Å². The second-order valence-electron chi connectivity index (χ2n) is 7.65. The Balaban J connectivity index is 2.02. The molecule has 0 bridgehead atoms. The molecule has 5 nitrogen and oxygen atoms in total. The van der Waals surface area contributed by atoms with Crippen molar-refractivity contribution in [3.8, 4) is 0 Å². The molecule has 1 aromatic carbocycles. The largest absolute Gasteiger partial charge is 0.412 e. The van der Waals surface area contributed by atoms with Gasteiger partial charge in [-0.25, -0.2) is 0 Å². The van der Waals surface area contributed by atoms with Crippen LogP contribution in [0, 0.1) is 0 Å². The summed E-state index contributed by atoms with van der Waals surface area (Å²) in [6.07, 6.45) is 0.616. The summed E-state index contributed by atoms with van der Waals surface area (Å²) in [6, 6.07) is 6.76. The molecule has 24 heavy (non-hydrogen) atoms. The zero-order chi connectivity index (χ0) is 18.1. The summed E-state index contributed by atoms with van der Waals surface area (Å²) in [5.41, 5.74) is 0.779. The zero-order valence-electron chi connectivity index (χ0n) is 15.4. The van der Waals surface area contributed by atoms with Gasteiger partial charge in [0.25, 0.3) is 11.8 Å². The highest BCUT2D eigenvalue weighted by Crippen LogP contribution is 2.37. The van der Waals surface area contributed by atoms with E-state index >= 15 is 0 Å². The topological polar surface area (TPSA) is 55.8 Å². The van der Waals surface area contributed by atoms with Crippen LogP contribution in [0.2, 0.25) is 18.1 Å². The van der Waals surface area contributed by atoms with Gasteiger partial charge in [0.1, 0.15) is 6.61 Å². The predicted molar refractivity (Wildman–Crippen MR) is 95.3 cm³/mol. The summed E-state index contributed by atoms with van der Waals surface area (Å²) in [4.78, 5) is 30.2. The molecule has 1 atom stereocenters. The van der Waals surface area contributed by atoms with Crippen molar-refractivity contribution in [2.45, 2.75) is 58.4 Å². The molecule has 132 valence electrons. The Bertz CT molecular complexity index is 601. The fourth-order valence-electron chi connectivity index (χ4n) is 2.27. The first-order chi connectivity index (χ1) is 11.1. The molecule has 0 saturated heterocycles. The van der Waals surface area contributed by atoms with Gasteiger partial charge in [0.15, 0.2) is 8.32 Å². The Morgan fingerprint density at radius 1 is 1.08 bits per heavy atom. The van der Waals surface area contributed by atoms with Crippen LogP contribution < -0.4 is 0 Å². The average Bonchev–Trinajstić information content (AvgIpc) is 2.75. The smallest absolute Gasteiger partial charge is 0.285 e. The van der Waals surface area contributed by atoms with Crippen molar-refractivity contribution in [2.24, 2.45) is 0 Å². The maximum absolute atomic E-state index is 12.3. The van der Waals surface area contributed by atoms with E-state index in [9.17, 15) is 9.59 Å². The summed E-state index contributed by atoms with van der Waals surface area (Å²) in [5.74, 6) is -0.810. The zero-order valence-corrected chi connectivity index (χ0v) is 16.4. The summed E-state index contributed by atoms with van der Waals surface area (Å²) in [7, 11) is -1.93. The van der Waals surface area contributed by atoms with Crippen LogP contribution in [0.3, 0.4) is 0 Å². The minimum atomic E-state index is -1.93. The minimum absolute atomic E-state index is 0.0932. The molecule has 1 aliphatic heterocycles. The van der Waals surface area contributed by atoms with Crippen LogP contribution in [0.25, 0.3) is 0 Å². The van der Waals surface area contributed by atoms with E-state index in [1.807, 2.05) is 6.92 Å². The lowest BCUT2D eigenvalue weighted by atomic mass is 10.1. The van der Waals surface area contributed by atoms with E-state index < -0.39 is 20.1 Å². The van der Waals surface area contributed by atoms with Crippen LogP contribution in [0.15, 0.2) is 24.3 Å². The van der Waals surface area contributed by atoms with Crippen molar-refractivity contribution in [2.75, 3.05) is 6.61 Å². The Hall–Kier alpha value is -1.50. The van der Waals surface area contributed by atoms with Gasteiger partial charge >= 0.3 is 0 Å². The SMILES string of the molecule is CC[C@@H](CON1C(=O)c2ccccc2C1=O)O[Si](C)(C)C(C)(C)C. The third kappa shape index (κ3) is 3.60. The molecule has 0 N–H and O–H groups in total. The lowest BCUT2D eigenvalue weighted by Gasteiger charge is -2.39. The number of hydrogen-bond donors (Lipinski definition) is 0. The number of imide groups is 1. The van der Waals surface area contributed by atoms with Gasteiger partial charge in [0.05, 0.1) is 17.2 Å². The number of hydrogen-bond acceptors (Lipinski definition) is 4. The molecule has 6 heteroatoms. The maximum atomic E-state index is 12.3. The molecule has 0 saturated carbocycles. The number of carbonyl (C=O) groups excluding carboxylic acids is 2. The van der Waals surface area contributed by atoms with Gasteiger partial charge in [-0.15, -0.1) is 5.06 Å². The first-order valence-electron chi connectivity index (χ1n) is 8.37. The number of nitrogens with zero attached hydrogens (tertiary/aromatic N) is 1. The highest BCUT2D eigenvalue weighted by Gasteiger charge is 2.40. The molecule has 2 rings (SSSR count). The van der Waals surface area contributed by atoms with E-state index in [1.165, 1.54) is 0 Å². The van der Waals surface area contributed by atoms with Gasteiger partial charge in [0, 0.05) is 0 Å². The normalized spacial score (nSPS) is 16.5. The third-order valence-corrected chi connectivity index (χ3v) is 9.40. The lowest BCUT2D eigenvalue weighted by Crippen LogP contribution is -2.45. The lowest BCUT2D eigenvalue weighted by molar-refractivity contribution is -0.114. The number of rotatable bonds is 6. The van der Waals surface area contributed by atoms with Crippen molar-refractivity contribution >= 4 is 20.1 Å². The molecule has 1 aliphatic rings.